The fourth-order valence-electron chi connectivity index (χ4n) is 4.70. The van der Waals surface area contributed by atoms with Crippen molar-refractivity contribution in [2.75, 3.05) is 28.3 Å². The highest BCUT2D eigenvalue weighted by Crippen LogP contribution is 2.46. The molecule has 0 unspecified atom stereocenters. The van der Waals surface area contributed by atoms with Crippen LogP contribution in [0.1, 0.15) is 18.1 Å². The van der Waals surface area contributed by atoms with Gasteiger partial charge in [-0.1, -0.05) is 31.2 Å². The lowest BCUT2D eigenvalue weighted by molar-refractivity contribution is -0.141. The molecule has 1 aliphatic heterocycles. The normalized spacial score (nSPS) is 19.6. The van der Waals surface area contributed by atoms with Crippen LogP contribution in [0.25, 0.3) is 0 Å². The maximum absolute atomic E-state index is 13.2. The average molecular weight is 471 g/mol. The van der Waals surface area contributed by atoms with E-state index < -0.39 is 25.9 Å². The summed E-state index contributed by atoms with van der Waals surface area (Å²) in [6, 6.07) is 14.4. The van der Waals surface area contributed by atoms with Crippen molar-refractivity contribution in [2.24, 2.45) is 5.92 Å². The molecule has 1 fully saturated rings. The number of imide groups is 1. The fourth-order valence-corrected chi connectivity index (χ4v) is 6.02. The summed E-state index contributed by atoms with van der Waals surface area (Å²) in [5.74, 6) is 0.701. The third-order valence-corrected chi connectivity index (χ3v) is 7.06. The Morgan fingerprint density at radius 1 is 0.818 bits per heavy atom. The van der Waals surface area contributed by atoms with Gasteiger partial charge in [-0.2, -0.15) is 0 Å². The van der Waals surface area contributed by atoms with Crippen molar-refractivity contribution in [1.29, 1.82) is 0 Å². The van der Waals surface area contributed by atoms with Gasteiger partial charge in [-0.05, 0) is 55.0 Å². The number of methoxy groups -OCH3 is 2. The molecular weight excluding hydrogens is 436 g/mol. The monoisotopic (exact) mass is 470 g/mol. The van der Waals surface area contributed by atoms with Crippen molar-refractivity contribution in [3.63, 3.8) is 0 Å². The maximum Gasteiger partial charge on any atom is 0.326 e. The molecule has 178 valence electrons. The van der Waals surface area contributed by atoms with E-state index >= 15 is 0 Å². The lowest BCUT2D eigenvalue weighted by Gasteiger charge is -2.53. The minimum atomic E-state index is -2.23. The Bertz CT molecular complexity index is 931. The summed E-state index contributed by atoms with van der Waals surface area (Å²) < 4.78 is 17.8. The largest absolute Gasteiger partial charge is 0.497 e. The Morgan fingerprint density at radius 3 is 1.61 bits per heavy atom. The van der Waals surface area contributed by atoms with Crippen LogP contribution in [0.3, 0.4) is 0 Å². The Labute approximate surface area is 197 Å². The standard InChI is InChI=1S/C25H34N2O5Si/c1-17-22(26(2)24(29)27(3)23(17)28)25(32-33(6,7)8,18-9-13-20(30-4)14-10-18)19-11-15-21(31-5)16-12-19/h9-17,22H,1-8H3/t17-,22-/m0/s1. The molecule has 0 bridgehead atoms. The molecule has 0 spiro atoms. The van der Waals surface area contributed by atoms with Gasteiger partial charge in [-0.25, -0.2) is 4.79 Å². The molecule has 2 atom stereocenters. The highest BCUT2D eigenvalue weighted by atomic mass is 28.4. The summed E-state index contributed by atoms with van der Waals surface area (Å²) in [4.78, 5) is 29.1. The van der Waals surface area contributed by atoms with Gasteiger partial charge in [0, 0.05) is 14.1 Å². The topological polar surface area (TPSA) is 68.3 Å². The molecule has 3 rings (SSSR count). The molecule has 8 heteroatoms. The molecule has 1 saturated heterocycles. The maximum atomic E-state index is 13.2. The van der Waals surface area contributed by atoms with Crippen LogP contribution in [0.2, 0.25) is 19.6 Å². The predicted molar refractivity (Wildman–Crippen MR) is 130 cm³/mol. The van der Waals surface area contributed by atoms with Crippen molar-refractivity contribution in [3.8, 4) is 11.5 Å². The van der Waals surface area contributed by atoms with Gasteiger partial charge in [0.25, 0.3) is 0 Å². The van der Waals surface area contributed by atoms with E-state index in [4.69, 9.17) is 13.9 Å². The van der Waals surface area contributed by atoms with Crippen LogP contribution in [-0.4, -0.2) is 64.4 Å². The molecule has 2 aromatic rings. The van der Waals surface area contributed by atoms with Gasteiger partial charge in [0.2, 0.25) is 5.91 Å². The number of likely N-dealkylation sites (N-methyl/N-ethyl adjacent to an activating group) is 1. The summed E-state index contributed by atoms with van der Waals surface area (Å²) in [6.07, 6.45) is 0. The van der Waals surface area contributed by atoms with E-state index in [0.717, 1.165) is 11.1 Å². The number of carbonyl (C=O) groups excluding carboxylic acids is 2. The fraction of sp³-hybridized carbons (Fsp3) is 0.440. The van der Waals surface area contributed by atoms with E-state index in [0.29, 0.717) is 11.5 Å². The van der Waals surface area contributed by atoms with E-state index in [1.807, 2.05) is 55.5 Å². The number of hydrogen-bond acceptors (Lipinski definition) is 5. The highest BCUT2D eigenvalue weighted by Gasteiger charge is 2.55. The minimum absolute atomic E-state index is 0.228. The molecule has 0 saturated carbocycles. The number of amides is 3. The summed E-state index contributed by atoms with van der Waals surface area (Å²) in [7, 11) is 4.27. The van der Waals surface area contributed by atoms with Crippen LogP contribution in [0.4, 0.5) is 4.79 Å². The second-order valence-corrected chi connectivity index (χ2v) is 13.9. The van der Waals surface area contributed by atoms with Crippen molar-refractivity contribution in [1.82, 2.24) is 9.80 Å². The zero-order chi connectivity index (χ0) is 24.6. The van der Waals surface area contributed by atoms with Gasteiger partial charge >= 0.3 is 6.03 Å². The molecule has 1 aliphatic rings. The van der Waals surface area contributed by atoms with E-state index in [1.54, 1.807) is 26.2 Å². The van der Waals surface area contributed by atoms with E-state index in [-0.39, 0.29) is 11.9 Å². The number of hydrogen-bond donors (Lipinski definition) is 0. The van der Waals surface area contributed by atoms with Gasteiger partial charge in [0.05, 0.1) is 26.2 Å². The summed E-state index contributed by atoms with van der Waals surface area (Å²) in [5, 5.41) is 0. The number of ether oxygens (including phenoxy) is 2. The minimum Gasteiger partial charge on any atom is -0.497 e. The first-order valence-corrected chi connectivity index (χ1v) is 14.4. The van der Waals surface area contributed by atoms with Crippen molar-refractivity contribution >= 4 is 20.3 Å². The highest BCUT2D eigenvalue weighted by molar-refractivity contribution is 6.69. The second kappa shape index (κ2) is 9.19. The second-order valence-electron chi connectivity index (χ2n) is 9.43. The van der Waals surface area contributed by atoms with Crippen molar-refractivity contribution in [2.45, 2.75) is 38.2 Å². The molecule has 0 N–H and O–H groups in total. The third-order valence-electron chi connectivity index (χ3n) is 6.12. The zero-order valence-corrected chi connectivity index (χ0v) is 21.7. The van der Waals surface area contributed by atoms with E-state index in [9.17, 15) is 9.59 Å². The first-order chi connectivity index (χ1) is 15.5. The number of urea groups is 1. The van der Waals surface area contributed by atoms with Crippen molar-refractivity contribution in [3.05, 3.63) is 59.7 Å². The van der Waals surface area contributed by atoms with Gasteiger partial charge in [0.15, 0.2) is 8.32 Å². The molecule has 0 radical (unpaired) electrons. The van der Waals surface area contributed by atoms with Gasteiger partial charge in [0.1, 0.15) is 17.1 Å². The van der Waals surface area contributed by atoms with Crippen LogP contribution < -0.4 is 9.47 Å². The number of benzene rings is 2. The van der Waals surface area contributed by atoms with Crippen LogP contribution in [-0.2, 0) is 14.8 Å². The van der Waals surface area contributed by atoms with Crippen molar-refractivity contribution < 1.29 is 23.5 Å². The van der Waals surface area contributed by atoms with E-state index in [1.165, 1.54) is 11.9 Å². The molecule has 0 aromatic heterocycles. The number of rotatable bonds is 7. The number of carbonyl (C=O) groups is 2. The van der Waals surface area contributed by atoms with Crippen LogP contribution in [0.15, 0.2) is 48.5 Å². The Morgan fingerprint density at radius 2 is 1.24 bits per heavy atom. The first-order valence-electron chi connectivity index (χ1n) is 11.0. The molecule has 7 nitrogen and oxygen atoms in total. The molecular formula is C25H34N2O5Si. The average Bonchev–Trinajstić information content (AvgIpc) is 2.80. The smallest absolute Gasteiger partial charge is 0.326 e. The van der Waals surface area contributed by atoms with Crippen LogP contribution in [0.5, 0.6) is 11.5 Å². The summed E-state index contributed by atoms with van der Waals surface area (Å²) in [6.45, 7) is 8.19. The van der Waals surface area contributed by atoms with Crippen LogP contribution >= 0.6 is 0 Å². The third kappa shape index (κ3) is 4.50. The Hall–Kier alpha value is -2.84. The predicted octanol–water partition coefficient (Wildman–Crippen LogP) is 4.33. The quantitative estimate of drug-likeness (QED) is 0.564. The number of nitrogens with zero attached hydrogens (tertiary/aromatic N) is 2. The lowest BCUT2D eigenvalue weighted by Crippen LogP contribution is -2.67. The Balaban J connectivity index is 2.36. The summed E-state index contributed by atoms with van der Waals surface area (Å²) >= 11 is 0. The van der Waals surface area contributed by atoms with Gasteiger partial charge in [-0.3, -0.25) is 9.69 Å². The molecule has 1 heterocycles. The van der Waals surface area contributed by atoms with Crippen LogP contribution in [0, 0.1) is 5.92 Å². The summed E-state index contributed by atoms with van der Waals surface area (Å²) in [5.41, 5.74) is 0.624. The van der Waals surface area contributed by atoms with E-state index in [2.05, 4.69) is 19.6 Å². The molecule has 0 aliphatic carbocycles. The molecule has 2 aromatic carbocycles. The lowest BCUT2D eigenvalue weighted by atomic mass is 9.73. The molecule has 3 amide bonds. The molecule has 33 heavy (non-hydrogen) atoms. The first kappa shape index (κ1) is 24.8. The SMILES string of the molecule is COc1ccc(C(O[Si](C)(C)C)(c2ccc(OC)cc2)[C@@H]2[C@H](C)C(=O)N(C)C(=O)N2C)cc1. The van der Waals surface area contributed by atoms with Gasteiger partial charge in [-0.15, -0.1) is 0 Å². The Kier molecular flexibility index (Phi) is 6.90. The zero-order valence-electron chi connectivity index (χ0n) is 20.7. The van der Waals surface area contributed by atoms with Gasteiger partial charge < -0.3 is 18.8 Å².